The molecular formula is C24H26FN3O. The van der Waals surface area contributed by atoms with Gasteiger partial charge in [0.2, 0.25) is 5.91 Å². The van der Waals surface area contributed by atoms with Crippen LogP contribution in [0.15, 0.2) is 36.4 Å². The lowest BCUT2D eigenvalue weighted by molar-refractivity contribution is -0.114. The van der Waals surface area contributed by atoms with Crippen LogP contribution in [-0.2, 0) is 11.2 Å². The SMILES string of the molecule is CC(=O)Nc1cc2c(cc1C#N)CCC2CN1CCC(c2ccc(F)cc2)CC1. The van der Waals surface area contributed by atoms with E-state index in [4.69, 9.17) is 0 Å². The Balaban J connectivity index is 1.41. The third kappa shape index (κ3) is 4.33. The van der Waals surface area contributed by atoms with Crippen molar-refractivity contribution >= 4 is 11.6 Å². The van der Waals surface area contributed by atoms with Crippen LogP contribution in [0.1, 0.15) is 60.3 Å². The molecule has 1 amide bonds. The number of rotatable bonds is 4. The number of benzene rings is 2. The second-order valence-electron chi connectivity index (χ2n) is 8.25. The number of nitrogens with zero attached hydrogens (tertiary/aromatic N) is 2. The van der Waals surface area contributed by atoms with Gasteiger partial charge in [0, 0.05) is 13.5 Å². The summed E-state index contributed by atoms with van der Waals surface area (Å²) in [6.45, 7) is 4.57. The van der Waals surface area contributed by atoms with Crippen LogP contribution in [0.5, 0.6) is 0 Å². The topological polar surface area (TPSA) is 56.1 Å². The van der Waals surface area contributed by atoms with Crippen LogP contribution in [0.2, 0.25) is 0 Å². The number of hydrogen-bond acceptors (Lipinski definition) is 3. The maximum atomic E-state index is 13.2. The average molecular weight is 391 g/mol. The molecule has 1 saturated heterocycles. The molecule has 1 heterocycles. The van der Waals surface area contributed by atoms with Crippen LogP contribution >= 0.6 is 0 Å². The van der Waals surface area contributed by atoms with Gasteiger partial charge in [0.05, 0.1) is 11.3 Å². The monoisotopic (exact) mass is 391 g/mol. The first kappa shape index (κ1) is 19.6. The zero-order valence-corrected chi connectivity index (χ0v) is 16.7. The standard InChI is InChI=1S/C24H26FN3O/c1-16(29)27-24-13-23-19(12-21(24)14-26)2-3-20(23)15-28-10-8-18(9-11-28)17-4-6-22(25)7-5-17/h4-7,12-13,18,20H,2-3,8-11,15H2,1H3,(H,27,29). The van der Waals surface area contributed by atoms with E-state index in [1.54, 1.807) is 12.1 Å². The molecule has 29 heavy (non-hydrogen) atoms. The van der Waals surface area contributed by atoms with Crippen LogP contribution in [0.25, 0.3) is 0 Å². The fourth-order valence-corrected chi connectivity index (χ4v) is 4.81. The lowest BCUT2D eigenvalue weighted by Crippen LogP contribution is -2.35. The van der Waals surface area contributed by atoms with Crippen molar-refractivity contribution in [3.63, 3.8) is 0 Å². The Hall–Kier alpha value is -2.71. The Morgan fingerprint density at radius 1 is 1.21 bits per heavy atom. The number of carbonyl (C=O) groups is 1. The fraction of sp³-hybridized carbons (Fsp3) is 0.417. The highest BCUT2D eigenvalue weighted by Crippen LogP contribution is 2.38. The molecule has 1 unspecified atom stereocenters. The number of carbonyl (C=O) groups excluding carboxylic acids is 1. The van der Waals surface area contributed by atoms with Gasteiger partial charge in [0.1, 0.15) is 11.9 Å². The van der Waals surface area contributed by atoms with E-state index in [1.165, 1.54) is 23.6 Å². The molecule has 0 bridgehead atoms. The van der Waals surface area contributed by atoms with Crippen molar-refractivity contribution in [3.8, 4) is 6.07 Å². The van der Waals surface area contributed by atoms with Crippen molar-refractivity contribution in [2.75, 3.05) is 25.0 Å². The molecular weight excluding hydrogens is 365 g/mol. The van der Waals surface area contributed by atoms with Gasteiger partial charge in [-0.05, 0) is 91.6 Å². The molecule has 2 aliphatic rings. The normalized spacial score (nSPS) is 19.6. The molecule has 1 aliphatic heterocycles. The Kier molecular flexibility index (Phi) is 5.64. The van der Waals surface area contributed by atoms with E-state index in [-0.39, 0.29) is 11.7 Å². The van der Waals surface area contributed by atoms with Crippen LogP contribution < -0.4 is 5.32 Å². The summed E-state index contributed by atoms with van der Waals surface area (Å²) in [6.07, 6.45) is 4.26. The smallest absolute Gasteiger partial charge is 0.221 e. The predicted octanol–water partition coefficient (Wildman–Crippen LogP) is 4.57. The van der Waals surface area contributed by atoms with E-state index < -0.39 is 0 Å². The number of hydrogen-bond donors (Lipinski definition) is 1. The van der Waals surface area contributed by atoms with E-state index in [1.807, 2.05) is 24.3 Å². The average Bonchev–Trinajstić information content (AvgIpc) is 3.10. The van der Waals surface area contributed by atoms with Gasteiger partial charge in [-0.3, -0.25) is 4.79 Å². The van der Waals surface area contributed by atoms with E-state index in [0.29, 0.717) is 23.1 Å². The number of fused-ring (bicyclic) bond motifs is 1. The molecule has 0 radical (unpaired) electrons. The number of amides is 1. The number of likely N-dealkylation sites (tertiary alicyclic amines) is 1. The highest BCUT2D eigenvalue weighted by molar-refractivity contribution is 5.90. The zero-order chi connectivity index (χ0) is 20.4. The number of piperidine rings is 1. The Bertz CT molecular complexity index is 940. The van der Waals surface area contributed by atoms with Crippen molar-refractivity contribution in [2.24, 2.45) is 0 Å². The van der Waals surface area contributed by atoms with E-state index in [9.17, 15) is 14.4 Å². The quantitative estimate of drug-likeness (QED) is 0.831. The minimum atomic E-state index is -0.177. The van der Waals surface area contributed by atoms with Crippen LogP contribution in [0, 0.1) is 17.1 Å². The first-order valence-corrected chi connectivity index (χ1v) is 10.4. The Morgan fingerprint density at radius 2 is 1.93 bits per heavy atom. The van der Waals surface area contributed by atoms with Gasteiger partial charge in [-0.15, -0.1) is 0 Å². The molecule has 150 valence electrons. The minimum absolute atomic E-state index is 0.154. The molecule has 2 aromatic carbocycles. The van der Waals surface area contributed by atoms with Gasteiger partial charge in [0.15, 0.2) is 0 Å². The van der Waals surface area contributed by atoms with Crippen molar-refractivity contribution in [1.82, 2.24) is 4.90 Å². The van der Waals surface area contributed by atoms with Gasteiger partial charge in [0.25, 0.3) is 0 Å². The van der Waals surface area contributed by atoms with Gasteiger partial charge in [-0.2, -0.15) is 5.26 Å². The van der Waals surface area contributed by atoms with Gasteiger partial charge >= 0.3 is 0 Å². The van der Waals surface area contributed by atoms with E-state index >= 15 is 0 Å². The molecule has 2 aromatic rings. The summed E-state index contributed by atoms with van der Waals surface area (Å²) in [6, 6.07) is 13.1. The molecule has 0 saturated carbocycles. The molecule has 0 spiro atoms. The second-order valence-corrected chi connectivity index (χ2v) is 8.25. The number of nitrogens with one attached hydrogen (secondary N) is 1. The molecule has 0 aromatic heterocycles. The molecule has 5 heteroatoms. The van der Waals surface area contributed by atoms with Gasteiger partial charge in [-0.1, -0.05) is 12.1 Å². The third-order valence-corrected chi connectivity index (χ3v) is 6.32. The van der Waals surface area contributed by atoms with Gasteiger partial charge < -0.3 is 10.2 Å². The minimum Gasteiger partial charge on any atom is -0.325 e. The first-order valence-electron chi connectivity index (χ1n) is 10.4. The molecule has 1 atom stereocenters. The summed E-state index contributed by atoms with van der Waals surface area (Å²) in [5.74, 6) is 0.614. The Labute approximate surface area is 171 Å². The highest BCUT2D eigenvalue weighted by Gasteiger charge is 2.28. The molecule has 1 N–H and O–H groups in total. The summed E-state index contributed by atoms with van der Waals surface area (Å²) >= 11 is 0. The van der Waals surface area contributed by atoms with Crippen molar-refractivity contribution in [2.45, 2.75) is 44.4 Å². The van der Waals surface area contributed by atoms with Crippen LogP contribution in [0.4, 0.5) is 10.1 Å². The summed E-state index contributed by atoms with van der Waals surface area (Å²) in [4.78, 5) is 14.0. The highest BCUT2D eigenvalue weighted by atomic mass is 19.1. The number of nitriles is 1. The largest absolute Gasteiger partial charge is 0.325 e. The lowest BCUT2D eigenvalue weighted by Gasteiger charge is -2.34. The summed E-state index contributed by atoms with van der Waals surface area (Å²) in [5, 5.41) is 12.2. The van der Waals surface area contributed by atoms with Crippen molar-refractivity contribution in [1.29, 1.82) is 5.26 Å². The maximum Gasteiger partial charge on any atom is 0.221 e. The van der Waals surface area contributed by atoms with E-state index in [0.717, 1.165) is 45.3 Å². The Morgan fingerprint density at radius 3 is 2.59 bits per heavy atom. The molecule has 4 rings (SSSR count). The maximum absolute atomic E-state index is 13.2. The van der Waals surface area contributed by atoms with Crippen LogP contribution in [0.3, 0.4) is 0 Å². The molecule has 1 aliphatic carbocycles. The summed E-state index contributed by atoms with van der Waals surface area (Å²) in [7, 11) is 0. The summed E-state index contributed by atoms with van der Waals surface area (Å²) < 4.78 is 13.2. The number of anilines is 1. The number of aryl methyl sites for hydroxylation is 1. The van der Waals surface area contributed by atoms with E-state index in [2.05, 4.69) is 16.3 Å². The molecule has 4 nitrogen and oxygen atoms in total. The third-order valence-electron chi connectivity index (χ3n) is 6.32. The van der Waals surface area contributed by atoms with Crippen molar-refractivity contribution in [3.05, 3.63) is 64.5 Å². The van der Waals surface area contributed by atoms with Gasteiger partial charge in [-0.25, -0.2) is 4.39 Å². The van der Waals surface area contributed by atoms with Crippen molar-refractivity contribution < 1.29 is 9.18 Å². The van der Waals surface area contributed by atoms with Crippen LogP contribution in [-0.4, -0.2) is 30.4 Å². The fourth-order valence-electron chi connectivity index (χ4n) is 4.81. The lowest BCUT2D eigenvalue weighted by atomic mass is 9.88. The zero-order valence-electron chi connectivity index (χ0n) is 16.7. The predicted molar refractivity (Wildman–Crippen MR) is 111 cm³/mol. The molecule has 1 fully saturated rings. The number of halogens is 1. The first-order chi connectivity index (χ1) is 14.0. The summed E-state index contributed by atoms with van der Waals surface area (Å²) in [5.41, 5.74) is 4.91. The second kappa shape index (κ2) is 8.34.